The summed E-state index contributed by atoms with van der Waals surface area (Å²) >= 11 is 0. The molecule has 0 radical (unpaired) electrons. The molecule has 4 heteroatoms. The largest absolute Gasteiger partial charge is 0.397 e. The normalized spacial score (nSPS) is 10.6. The summed E-state index contributed by atoms with van der Waals surface area (Å²) in [5.74, 6) is -0.342. The average Bonchev–Trinajstić information content (AvgIpc) is 2.42. The summed E-state index contributed by atoms with van der Waals surface area (Å²) in [7, 11) is 0. The van der Waals surface area contributed by atoms with E-state index in [0.717, 1.165) is 16.6 Å². The molecule has 0 unspecified atom stereocenters. The van der Waals surface area contributed by atoms with Crippen molar-refractivity contribution in [3.63, 3.8) is 0 Å². The SMILES string of the molecule is Nc1cc(F)ccc1Nc1ccc2ncccc2c1. The van der Waals surface area contributed by atoms with Crippen molar-refractivity contribution >= 4 is 28.0 Å². The Kier molecular flexibility index (Phi) is 2.76. The molecule has 19 heavy (non-hydrogen) atoms. The molecule has 1 heterocycles. The lowest BCUT2D eigenvalue weighted by molar-refractivity contribution is 0.628. The minimum absolute atomic E-state index is 0.342. The molecule has 3 N–H and O–H groups in total. The maximum Gasteiger partial charge on any atom is 0.125 e. The molecular weight excluding hydrogens is 241 g/mol. The standard InChI is InChI=1S/C15H12FN3/c16-11-3-5-15(13(17)9-11)19-12-4-6-14-10(8-12)2-1-7-18-14/h1-9,19H,17H2. The molecule has 0 bridgehead atoms. The van der Waals surface area contributed by atoms with Gasteiger partial charge in [-0.3, -0.25) is 4.98 Å². The van der Waals surface area contributed by atoms with Crippen molar-refractivity contribution in [2.75, 3.05) is 11.1 Å². The van der Waals surface area contributed by atoms with E-state index in [-0.39, 0.29) is 5.82 Å². The first-order chi connectivity index (χ1) is 9.22. The van der Waals surface area contributed by atoms with Gasteiger partial charge in [-0.1, -0.05) is 6.07 Å². The fourth-order valence-corrected chi connectivity index (χ4v) is 1.96. The fraction of sp³-hybridized carbons (Fsp3) is 0. The van der Waals surface area contributed by atoms with Crippen LogP contribution >= 0.6 is 0 Å². The molecule has 0 aliphatic carbocycles. The minimum atomic E-state index is -0.342. The number of pyridine rings is 1. The van der Waals surface area contributed by atoms with Crippen LogP contribution in [0.25, 0.3) is 10.9 Å². The first-order valence-corrected chi connectivity index (χ1v) is 5.89. The highest BCUT2D eigenvalue weighted by molar-refractivity contribution is 5.84. The molecule has 3 rings (SSSR count). The van der Waals surface area contributed by atoms with Crippen molar-refractivity contribution in [2.24, 2.45) is 0 Å². The topological polar surface area (TPSA) is 50.9 Å². The molecule has 2 aromatic carbocycles. The molecule has 0 spiro atoms. The van der Waals surface area contributed by atoms with Crippen molar-refractivity contribution in [1.82, 2.24) is 4.98 Å². The van der Waals surface area contributed by atoms with Gasteiger partial charge in [-0.05, 0) is 42.5 Å². The van der Waals surface area contributed by atoms with Gasteiger partial charge in [0.15, 0.2) is 0 Å². The average molecular weight is 253 g/mol. The number of fused-ring (bicyclic) bond motifs is 1. The van der Waals surface area contributed by atoms with E-state index in [9.17, 15) is 4.39 Å². The van der Waals surface area contributed by atoms with Crippen LogP contribution in [0, 0.1) is 5.82 Å². The maximum atomic E-state index is 13.0. The number of aromatic nitrogens is 1. The number of nitrogens with one attached hydrogen (secondary N) is 1. The van der Waals surface area contributed by atoms with E-state index in [0.29, 0.717) is 11.4 Å². The lowest BCUT2D eigenvalue weighted by Gasteiger charge is -2.10. The number of halogens is 1. The fourth-order valence-electron chi connectivity index (χ4n) is 1.96. The molecule has 0 saturated heterocycles. The Hall–Kier alpha value is -2.62. The third-order valence-corrected chi connectivity index (χ3v) is 2.90. The monoisotopic (exact) mass is 253 g/mol. The van der Waals surface area contributed by atoms with Crippen molar-refractivity contribution in [1.29, 1.82) is 0 Å². The first kappa shape index (κ1) is 11.5. The maximum absolute atomic E-state index is 13.0. The molecule has 0 aliphatic rings. The van der Waals surface area contributed by atoms with Gasteiger partial charge in [-0.25, -0.2) is 4.39 Å². The highest BCUT2D eigenvalue weighted by Crippen LogP contribution is 2.25. The zero-order valence-corrected chi connectivity index (χ0v) is 10.1. The Balaban J connectivity index is 1.96. The van der Waals surface area contributed by atoms with Crippen LogP contribution in [0.1, 0.15) is 0 Å². The molecular formula is C15H12FN3. The molecule has 94 valence electrons. The van der Waals surface area contributed by atoms with Gasteiger partial charge < -0.3 is 11.1 Å². The van der Waals surface area contributed by atoms with E-state index in [1.54, 1.807) is 12.3 Å². The molecule has 0 amide bonds. The summed E-state index contributed by atoms with van der Waals surface area (Å²) in [6.07, 6.45) is 1.76. The van der Waals surface area contributed by atoms with E-state index in [2.05, 4.69) is 10.3 Å². The van der Waals surface area contributed by atoms with Crippen molar-refractivity contribution < 1.29 is 4.39 Å². The second-order valence-corrected chi connectivity index (χ2v) is 4.27. The number of nitrogens with two attached hydrogens (primary N) is 1. The van der Waals surface area contributed by atoms with E-state index in [4.69, 9.17) is 5.73 Å². The molecule has 0 atom stereocenters. The molecule has 3 nitrogen and oxygen atoms in total. The minimum Gasteiger partial charge on any atom is -0.397 e. The number of hydrogen-bond donors (Lipinski definition) is 2. The van der Waals surface area contributed by atoms with Gasteiger partial charge in [0.25, 0.3) is 0 Å². The molecule has 0 aliphatic heterocycles. The van der Waals surface area contributed by atoms with E-state index in [1.165, 1.54) is 12.1 Å². The van der Waals surface area contributed by atoms with Gasteiger partial charge in [0, 0.05) is 17.3 Å². The Labute approximate surface area is 109 Å². The van der Waals surface area contributed by atoms with Gasteiger partial charge in [0.2, 0.25) is 0 Å². The van der Waals surface area contributed by atoms with E-state index < -0.39 is 0 Å². The summed E-state index contributed by atoms with van der Waals surface area (Å²) in [4.78, 5) is 4.26. The highest BCUT2D eigenvalue weighted by atomic mass is 19.1. The van der Waals surface area contributed by atoms with Gasteiger partial charge >= 0.3 is 0 Å². The molecule has 0 saturated carbocycles. The number of hydrogen-bond acceptors (Lipinski definition) is 3. The first-order valence-electron chi connectivity index (χ1n) is 5.89. The Morgan fingerprint density at radius 3 is 2.79 bits per heavy atom. The van der Waals surface area contributed by atoms with Crippen LogP contribution in [0.4, 0.5) is 21.5 Å². The third-order valence-electron chi connectivity index (χ3n) is 2.90. The van der Waals surface area contributed by atoms with Gasteiger partial charge in [-0.15, -0.1) is 0 Å². The lowest BCUT2D eigenvalue weighted by Crippen LogP contribution is -1.97. The summed E-state index contributed by atoms with van der Waals surface area (Å²) in [6, 6.07) is 14.0. The predicted octanol–water partition coefficient (Wildman–Crippen LogP) is 3.70. The number of benzene rings is 2. The zero-order valence-electron chi connectivity index (χ0n) is 10.1. The summed E-state index contributed by atoms with van der Waals surface area (Å²) in [6.45, 7) is 0. The molecule has 0 fully saturated rings. The van der Waals surface area contributed by atoms with Crippen LogP contribution in [0.3, 0.4) is 0 Å². The summed E-state index contributed by atoms with van der Waals surface area (Å²) < 4.78 is 13.0. The van der Waals surface area contributed by atoms with E-state index >= 15 is 0 Å². The third kappa shape index (κ3) is 2.33. The highest BCUT2D eigenvalue weighted by Gasteiger charge is 2.02. The van der Waals surface area contributed by atoms with Gasteiger partial charge in [0.1, 0.15) is 5.82 Å². The lowest BCUT2D eigenvalue weighted by atomic mass is 10.2. The Bertz CT molecular complexity index is 740. The van der Waals surface area contributed by atoms with E-state index in [1.807, 2.05) is 30.3 Å². The number of anilines is 3. The summed E-state index contributed by atoms with van der Waals surface area (Å²) in [5.41, 5.74) is 8.65. The van der Waals surface area contributed by atoms with Crippen LogP contribution in [-0.2, 0) is 0 Å². The van der Waals surface area contributed by atoms with Crippen molar-refractivity contribution in [3.05, 3.63) is 60.5 Å². The quantitative estimate of drug-likeness (QED) is 0.685. The van der Waals surface area contributed by atoms with Crippen LogP contribution < -0.4 is 11.1 Å². The van der Waals surface area contributed by atoms with Crippen LogP contribution in [0.5, 0.6) is 0 Å². The second-order valence-electron chi connectivity index (χ2n) is 4.27. The predicted molar refractivity (Wildman–Crippen MR) is 75.8 cm³/mol. The number of nitrogens with zero attached hydrogens (tertiary/aromatic N) is 1. The molecule has 1 aromatic heterocycles. The number of nitrogen functional groups attached to an aromatic ring is 1. The second kappa shape index (κ2) is 4.57. The van der Waals surface area contributed by atoms with Crippen molar-refractivity contribution in [3.8, 4) is 0 Å². The number of rotatable bonds is 2. The van der Waals surface area contributed by atoms with Crippen LogP contribution in [0.15, 0.2) is 54.7 Å². The van der Waals surface area contributed by atoms with Crippen LogP contribution in [0.2, 0.25) is 0 Å². The Morgan fingerprint density at radius 1 is 1.05 bits per heavy atom. The molecule has 3 aromatic rings. The smallest absolute Gasteiger partial charge is 0.125 e. The summed E-state index contributed by atoms with van der Waals surface area (Å²) in [5, 5.41) is 4.21. The van der Waals surface area contributed by atoms with Crippen molar-refractivity contribution in [2.45, 2.75) is 0 Å². The Morgan fingerprint density at radius 2 is 1.95 bits per heavy atom. The van der Waals surface area contributed by atoms with Gasteiger partial charge in [-0.2, -0.15) is 0 Å². The zero-order chi connectivity index (χ0) is 13.2. The van der Waals surface area contributed by atoms with Gasteiger partial charge in [0.05, 0.1) is 16.9 Å². The van der Waals surface area contributed by atoms with Crippen LogP contribution in [-0.4, -0.2) is 4.98 Å².